The standard InChI is InChI=1S/C42H101N5O6Si5/c1-13-18-28-43-33-23-38-54(8,48-6)50-56(10,40-25-35-45-30-20-15-3)52-58(12,42-27-37-47-32-22-17-5)53-57(11,41-26-36-46-31-21-16-4)51-55(9,49-7)39-24-34-44-29-19-14-2/h43-47H,13-42H2,1-12H3. The first-order valence-corrected chi connectivity index (χ1v) is 36.8. The number of hydrogen-bond acceptors (Lipinski definition) is 11. The van der Waals surface area contributed by atoms with Crippen LogP contribution in [0.5, 0.6) is 0 Å². The highest BCUT2D eigenvalue weighted by Gasteiger charge is 2.52. The van der Waals surface area contributed by atoms with Crippen LogP contribution in [0.3, 0.4) is 0 Å². The minimum absolute atomic E-state index is 0.896. The molecule has 5 N–H and O–H groups in total. The molecule has 0 saturated heterocycles. The van der Waals surface area contributed by atoms with Gasteiger partial charge in [0.2, 0.25) is 0 Å². The first kappa shape index (κ1) is 58.6. The summed E-state index contributed by atoms with van der Waals surface area (Å²) in [6.45, 7) is 32.9. The molecule has 0 aromatic carbocycles. The fraction of sp³-hybridized carbons (Fsp3) is 1.00. The third-order valence-electron chi connectivity index (χ3n) is 11.0. The minimum Gasteiger partial charge on any atom is -0.416 e. The van der Waals surface area contributed by atoms with E-state index in [1.807, 2.05) is 14.2 Å². The van der Waals surface area contributed by atoms with Gasteiger partial charge in [-0.25, -0.2) is 0 Å². The molecule has 0 aliphatic heterocycles. The zero-order chi connectivity index (χ0) is 43.5. The lowest BCUT2D eigenvalue weighted by Crippen LogP contribution is -2.62. The second-order valence-corrected chi connectivity index (χ2v) is 35.4. The molecule has 0 aliphatic rings. The molecule has 16 heteroatoms. The molecule has 0 aliphatic carbocycles. The predicted octanol–water partition coefficient (Wildman–Crippen LogP) is 9.60. The third-order valence-corrected chi connectivity index (χ3v) is 32.9. The first-order chi connectivity index (χ1) is 27.8. The molecule has 0 radical (unpaired) electrons. The number of unbranched alkanes of at least 4 members (excludes halogenated alkanes) is 5. The molecule has 4 atom stereocenters. The van der Waals surface area contributed by atoms with Crippen molar-refractivity contribution < 1.29 is 25.3 Å². The van der Waals surface area contributed by atoms with Crippen molar-refractivity contribution in [1.29, 1.82) is 0 Å². The van der Waals surface area contributed by atoms with E-state index >= 15 is 0 Å². The summed E-state index contributed by atoms with van der Waals surface area (Å²) < 4.78 is 43.0. The largest absolute Gasteiger partial charge is 0.416 e. The summed E-state index contributed by atoms with van der Waals surface area (Å²) in [5.74, 6) is 0. The quantitative estimate of drug-likeness (QED) is 0.0297. The molecule has 0 spiro atoms. The molecule has 0 aromatic rings. The van der Waals surface area contributed by atoms with E-state index in [0.717, 1.165) is 128 Å². The van der Waals surface area contributed by atoms with Crippen LogP contribution < -0.4 is 26.6 Å². The van der Waals surface area contributed by atoms with Crippen molar-refractivity contribution >= 4 is 42.8 Å². The maximum Gasteiger partial charge on any atom is 0.325 e. The molecular formula is C42H101N5O6Si5. The van der Waals surface area contributed by atoms with E-state index in [0.29, 0.717) is 0 Å². The van der Waals surface area contributed by atoms with Crippen LogP contribution in [0.1, 0.15) is 131 Å². The molecular weight excluding hydrogens is 811 g/mol. The van der Waals surface area contributed by atoms with Gasteiger partial charge in [-0.2, -0.15) is 0 Å². The van der Waals surface area contributed by atoms with Crippen molar-refractivity contribution in [3.05, 3.63) is 0 Å². The van der Waals surface area contributed by atoms with Gasteiger partial charge in [-0.1, -0.05) is 66.7 Å². The molecule has 0 rings (SSSR count). The third kappa shape index (κ3) is 30.7. The van der Waals surface area contributed by atoms with Gasteiger partial charge >= 0.3 is 42.8 Å². The normalized spacial score (nSPS) is 17.4. The molecule has 350 valence electrons. The Morgan fingerprint density at radius 3 is 0.638 bits per heavy atom. The number of rotatable bonds is 45. The molecule has 58 heavy (non-hydrogen) atoms. The van der Waals surface area contributed by atoms with Crippen LogP contribution in [0.4, 0.5) is 0 Å². The van der Waals surface area contributed by atoms with Crippen molar-refractivity contribution in [2.75, 3.05) is 79.7 Å². The maximum absolute atomic E-state index is 7.70. The topological polar surface area (TPSA) is 116 Å². The summed E-state index contributed by atoms with van der Waals surface area (Å²) in [4.78, 5) is 0. The Kier molecular flexibility index (Phi) is 36.4. The van der Waals surface area contributed by atoms with Gasteiger partial charge in [0.1, 0.15) is 0 Å². The maximum atomic E-state index is 7.70. The van der Waals surface area contributed by atoms with Crippen LogP contribution in [0, 0.1) is 0 Å². The molecule has 0 amide bonds. The van der Waals surface area contributed by atoms with Crippen molar-refractivity contribution in [1.82, 2.24) is 26.6 Å². The van der Waals surface area contributed by atoms with E-state index in [1.54, 1.807) is 0 Å². The first-order valence-electron chi connectivity index (χ1n) is 24.2. The SMILES string of the molecule is CCCCNCCC[Si](C)(OC)O[Si](C)(CCCNCCCC)O[Si](C)(CCCNCCCC)O[Si](C)(CCCNCCCC)O[Si](C)(CCCNCCCC)OC. The van der Waals surface area contributed by atoms with E-state index < -0.39 is 42.8 Å². The van der Waals surface area contributed by atoms with Crippen molar-refractivity contribution in [2.45, 2.75) is 194 Å². The predicted molar refractivity (Wildman–Crippen MR) is 262 cm³/mol. The van der Waals surface area contributed by atoms with Crippen LogP contribution in [-0.2, 0) is 25.3 Å². The Balaban J connectivity index is 6.67. The van der Waals surface area contributed by atoms with E-state index in [9.17, 15) is 0 Å². The van der Waals surface area contributed by atoms with Crippen LogP contribution in [-0.4, -0.2) is 122 Å². The van der Waals surface area contributed by atoms with Crippen LogP contribution >= 0.6 is 0 Å². The van der Waals surface area contributed by atoms with Crippen molar-refractivity contribution in [2.24, 2.45) is 0 Å². The zero-order valence-corrected chi connectivity index (χ0v) is 45.7. The molecule has 0 bridgehead atoms. The van der Waals surface area contributed by atoms with Gasteiger partial charge in [0.15, 0.2) is 0 Å². The Bertz CT molecular complexity index is 886. The fourth-order valence-corrected chi connectivity index (χ4v) is 32.1. The van der Waals surface area contributed by atoms with Gasteiger partial charge in [0.25, 0.3) is 0 Å². The fourth-order valence-electron chi connectivity index (χ4n) is 7.39. The summed E-state index contributed by atoms with van der Waals surface area (Å²) in [6.07, 6.45) is 17.1. The summed E-state index contributed by atoms with van der Waals surface area (Å²) in [5.41, 5.74) is 0. The Morgan fingerprint density at radius 1 is 0.276 bits per heavy atom. The highest BCUT2D eigenvalue weighted by molar-refractivity contribution is 6.90. The van der Waals surface area contributed by atoms with Gasteiger partial charge in [-0.05, 0) is 193 Å². The minimum atomic E-state index is -2.88. The Morgan fingerprint density at radius 2 is 0.448 bits per heavy atom. The van der Waals surface area contributed by atoms with Gasteiger partial charge in [-0.15, -0.1) is 0 Å². The average Bonchev–Trinajstić information content (AvgIpc) is 3.18. The lowest BCUT2D eigenvalue weighted by Gasteiger charge is -2.46. The second kappa shape index (κ2) is 36.0. The molecule has 0 saturated carbocycles. The van der Waals surface area contributed by atoms with Crippen LogP contribution in [0.15, 0.2) is 0 Å². The summed E-state index contributed by atoms with van der Waals surface area (Å²) in [7, 11) is -9.88. The van der Waals surface area contributed by atoms with E-state index in [1.165, 1.54) is 64.2 Å². The van der Waals surface area contributed by atoms with Gasteiger partial charge < -0.3 is 51.9 Å². The highest BCUT2D eigenvalue weighted by atomic mass is 28.5. The van der Waals surface area contributed by atoms with E-state index in [-0.39, 0.29) is 0 Å². The Labute approximate surface area is 366 Å². The molecule has 0 heterocycles. The molecule has 4 unspecified atom stereocenters. The Hall–Kier alpha value is 0.644. The molecule has 0 fully saturated rings. The van der Waals surface area contributed by atoms with Crippen molar-refractivity contribution in [3.63, 3.8) is 0 Å². The lowest BCUT2D eigenvalue weighted by molar-refractivity contribution is 0.229. The number of hydrogen-bond donors (Lipinski definition) is 5. The smallest absolute Gasteiger partial charge is 0.325 e. The molecule has 0 aromatic heterocycles. The van der Waals surface area contributed by atoms with E-state index in [4.69, 9.17) is 25.3 Å². The number of nitrogens with one attached hydrogen (secondary N) is 5. The second-order valence-electron chi connectivity index (χ2n) is 17.5. The van der Waals surface area contributed by atoms with Crippen LogP contribution in [0.25, 0.3) is 0 Å². The summed E-state index contributed by atoms with van der Waals surface area (Å²) >= 11 is 0. The van der Waals surface area contributed by atoms with Crippen molar-refractivity contribution in [3.8, 4) is 0 Å². The van der Waals surface area contributed by atoms with Gasteiger partial charge in [0.05, 0.1) is 0 Å². The van der Waals surface area contributed by atoms with E-state index in [2.05, 4.69) is 93.9 Å². The molecule has 11 nitrogen and oxygen atoms in total. The summed E-state index contributed by atoms with van der Waals surface area (Å²) in [6, 6.07) is 4.59. The van der Waals surface area contributed by atoms with Crippen LogP contribution in [0.2, 0.25) is 63.0 Å². The highest BCUT2D eigenvalue weighted by Crippen LogP contribution is 2.35. The van der Waals surface area contributed by atoms with Gasteiger partial charge in [-0.3, -0.25) is 0 Å². The average molecular weight is 913 g/mol. The lowest BCUT2D eigenvalue weighted by atomic mass is 10.3. The summed E-state index contributed by atoms with van der Waals surface area (Å²) in [5, 5.41) is 18.3. The monoisotopic (exact) mass is 912 g/mol. The van der Waals surface area contributed by atoms with Gasteiger partial charge in [0, 0.05) is 14.2 Å². The zero-order valence-electron chi connectivity index (χ0n) is 40.7.